The quantitative estimate of drug-likeness (QED) is 0.599. The van der Waals surface area contributed by atoms with E-state index in [0.29, 0.717) is 0 Å². The smallest absolute Gasteiger partial charge is 0.106 e. The minimum Gasteiger partial charge on any atom is -0.349 e. The Labute approximate surface area is 99.1 Å². The van der Waals surface area contributed by atoms with Gasteiger partial charge >= 0.3 is 0 Å². The second kappa shape index (κ2) is 9.40. The zero-order valence-corrected chi connectivity index (χ0v) is 10.5. The number of aryl methyl sites for hydroxylation is 1. The molecule has 16 heavy (non-hydrogen) atoms. The third-order valence-corrected chi connectivity index (χ3v) is 2.78. The van der Waals surface area contributed by atoms with Crippen LogP contribution in [0.5, 0.6) is 0 Å². The van der Waals surface area contributed by atoms with Crippen LogP contribution in [0.3, 0.4) is 0 Å². The van der Waals surface area contributed by atoms with E-state index in [4.69, 9.17) is 0 Å². The molecule has 0 spiro atoms. The van der Waals surface area contributed by atoms with Gasteiger partial charge in [-0.15, -0.1) is 0 Å². The minimum atomic E-state index is 1.05. The summed E-state index contributed by atoms with van der Waals surface area (Å²) in [5.41, 5.74) is 0. The van der Waals surface area contributed by atoms with Crippen molar-refractivity contribution in [2.45, 2.75) is 51.9 Å². The predicted molar refractivity (Wildman–Crippen MR) is 68.5 cm³/mol. The standard InChI is InChI=1S/C13H25N3/c1-2-3-4-5-6-9-14-10-7-8-13-15-11-12-16-13/h11-12,14H,2-10H2,1H3,(H,15,16). The molecule has 0 saturated heterocycles. The lowest BCUT2D eigenvalue weighted by molar-refractivity contribution is 0.572. The summed E-state index contributed by atoms with van der Waals surface area (Å²) >= 11 is 0. The highest BCUT2D eigenvalue weighted by Crippen LogP contribution is 2.01. The zero-order valence-electron chi connectivity index (χ0n) is 10.5. The molecular formula is C13H25N3. The number of rotatable bonds is 10. The molecule has 0 amide bonds. The molecule has 1 heterocycles. The van der Waals surface area contributed by atoms with Crippen molar-refractivity contribution in [3.05, 3.63) is 18.2 Å². The Balaban J connectivity index is 1.78. The van der Waals surface area contributed by atoms with E-state index in [-0.39, 0.29) is 0 Å². The lowest BCUT2D eigenvalue weighted by Gasteiger charge is -2.03. The SMILES string of the molecule is CCCCCCCNCCCc1ncc[nH]1. The maximum Gasteiger partial charge on any atom is 0.106 e. The Morgan fingerprint density at radius 2 is 1.94 bits per heavy atom. The molecule has 0 aromatic carbocycles. The highest BCUT2D eigenvalue weighted by atomic mass is 14.9. The summed E-state index contributed by atoms with van der Waals surface area (Å²) in [6.45, 7) is 4.53. The second-order valence-corrected chi connectivity index (χ2v) is 4.30. The lowest BCUT2D eigenvalue weighted by atomic mass is 10.1. The zero-order chi connectivity index (χ0) is 11.5. The van der Waals surface area contributed by atoms with Crippen LogP contribution in [0.15, 0.2) is 12.4 Å². The molecule has 0 bridgehead atoms. The number of imidazole rings is 1. The molecule has 3 nitrogen and oxygen atoms in total. The van der Waals surface area contributed by atoms with E-state index in [0.717, 1.165) is 18.8 Å². The van der Waals surface area contributed by atoms with Gasteiger partial charge in [0.05, 0.1) is 0 Å². The lowest BCUT2D eigenvalue weighted by Crippen LogP contribution is -2.17. The summed E-state index contributed by atoms with van der Waals surface area (Å²) in [6, 6.07) is 0. The largest absolute Gasteiger partial charge is 0.349 e. The van der Waals surface area contributed by atoms with Crippen LogP contribution in [-0.2, 0) is 6.42 Å². The van der Waals surface area contributed by atoms with Crippen LogP contribution in [0.1, 0.15) is 51.3 Å². The minimum absolute atomic E-state index is 1.05. The number of aromatic amines is 1. The average molecular weight is 223 g/mol. The van der Waals surface area contributed by atoms with Crippen molar-refractivity contribution >= 4 is 0 Å². The van der Waals surface area contributed by atoms with Crippen LogP contribution in [0, 0.1) is 0 Å². The Morgan fingerprint density at radius 1 is 1.12 bits per heavy atom. The third-order valence-electron chi connectivity index (χ3n) is 2.78. The van der Waals surface area contributed by atoms with Gasteiger partial charge in [-0.05, 0) is 25.9 Å². The molecule has 0 radical (unpaired) electrons. The average Bonchev–Trinajstić information content (AvgIpc) is 2.80. The highest BCUT2D eigenvalue weighted by Gasteiger charge is 1.94. The van der Waals surface area contributed by atoms with Crippen molar-refractivity contribution in [2.75, 3.05) is 13.1 Å². The number of nitrogens with zero attached hydrogens (tertiary/aromatic N) is 1. The van der Waals surface area contributed by atoms with Gasteiger partial charge in [-0.1, -0.05) is 32.6 Å². The number of nitrogens with one attached hydrogen (secondary N) is 2. The Hall–Kier alpha value is -0.830. The number of aromatic nitrogens is 2. The first-order valence-corrected chi connectivity index (χ1v) is 6.62. The monoisotopic (exact) mass is 223 g/mol. The van der Waals surface area contributed by atoms with Crippen LogP contribution in [0.2, 0.25) is 0 Å². The molecule has 0 fully saturated rings. The second-order valence-electron chi connectivity index (χ2n) is 4.30. The van der Waals surface area contributed by atoms with Crippen molar-refractivity contribution < 1.29 is 0 Å². The van der Waals surface area contributed by atoms with Gasteiger partial charge in [0.1, 0.15) is 5.82 Å². The molecule has 1 rings (SSSR count). The number of unbranched alkanes of at least 4 members (excludes halogenated alkanes) is 4. The number of hydrogen-bond acceptors (Lipinski definition) is 2. The molecule has 1 aromatic rings. The molecule has 0 aliphatic heterocycles. The summed E-state index contributed by atoms with van der Waals surface area (Å²) in [6.07, 6.45) is 12.7. The van der Waals surface area contributed by atoms with E-state index in [1.165, 1.54) is 45.1 Å². The summed E-state index contributed by atoms with van der Waals surface area (Å²) in [4.78, 5) is 7.32. The fourth-order valence-electron chi connectivity index (χ4n) is 1.79. The first-order valence-electron chi connectivity index (χ1n) is 6.62. The fourth-order valence-corrected chi connectivity index (χ4v) is 1.79. The molecule has 0 atom stereocenters. The van der Waals surface area contributed by atoms with Gasteiger partial charge in [-0.3, -0.25) is 0 Å². The summed E-state index contributed by atoms with van der Waals surface area (Å²) < 4.78 is 0. The molecule has 0 saturated carbocycles. The van der Waals surface area contributed by atoms with Gasteiger partial charge in [0.2, 0.25) is 0 Å². The molecular weight excluding hydrogens is 198 g/mol. The van der Waals surface area contributed by atoms with Gasteiger partial charge in [0.15, 0.2) is 0 Å². The molecule has 0 aliphatic rings. The van der Waals surface area contributed by atoms with E-state index in [1.807, 2.05) is 12.4 Å². The van der Waals surface area contributed by atoms with Crippen LogP contribution in [0.25, 0.3) is 0 Å². The summed E-state index contributed by atoms with van der Waals surface area (Å²) in [7, 11) is 0. The first kappa shape index (κ1) is 13.2. The number of H-pyrrole nitrogens is 1. The van der Waals surface area contributed by atoms with Crippen molar-refractivity contribution in [3.63, 3.8) is 0 Å². The molecule has 92 valence electrons. The normalized spacial score (nSPS) is 10.8. The fraction of sp³-hybridized carbons (Fsp3) is 0.769. The Kier molecular flexibility index (Phi) is 7.78. The Morgan fingerprint density at radius 3 is 2.69 bits per heavy atom. The van der Waals surface area contributed by atoms with Gasteiger partial charge in [-0.25, -0.2) is 4.98 Å². The molecule has 0 aliphatic carbocycles. The van der Waals surface area contributed by atoms with E-state index in [1.54, 1.807) is 0 Å². The topological polar surface area (TPSA) is 40.7 Å². The van der Waals surface area contributed by atoms with Gasteiger partial charge in [0.25, 0.3) is 0 Å². The van der Waals surface area contributed by atoms with Crippen molar-refractivity contribution in [3.8, 4) is 0 Å². The third kappa shape index (κ3) is 6.62. The Bertz CT molecular complexity index is 231. The summed E-state index contributed by atoms with van der Waals surface area (Å²) in [5.74, 6) is 1.10. The van der Waals surface area contributed by atoms with Crippen LogP contribution in [-0.4, -0.2) is 23.1 Å². The van der Waals surface area contributed by atoms with E-state index in [9.17, 15) is 0 Å². The van der Waals surface area contributed by atoms with E-state index in [2.05, 4.69) is 22.2 Å². The molecule has 0 unspecified atom stereocenters. The predicted octanol–water partition coefficient (Wildman–Crippen LogP) is 2.90. The van der Waals surface area contributed by atoms with Gasteiger partial charge in [-0.2, -0.15) is 0 Å². The van der Waals surface area contributed by atoms with Crippen molar-refractivity contribution in [2.24, 2.45) is 0 Å². The number of hydrogen-bond donors (Lipinski definition) is 2. The van der Waals surface area contributed by atoms with Crippen LogP contribution < -0.4 is 5.32 Å². The van der Waals surface area contributed by atoms with Crippen molar-refractivity contribution in [1.82, 2.24) is 15.3 Å². The van der Waals surface area contributed by atoms with Crippen LogP contribution in [0.4, 0.5) is 0 Å². The van der Waals surface area contributed by atoms with Gasteiger partial charge < -0.3 is 10.3 Å². The van der Waals surface area contributed by atoms with E-state index < -0.39 is 0 Å². The highest BCUT2D eigenvalue weighted by molar-refractivity contribution is 4.86. The van der Waals surface area contributed by atoms with Crippen LogP contribution >= 0.6 is 0 Å². The molecule has 1 aromatic heterocycles. The molecule has 2 N–H and O–H groups in total. The van der Waals surface area contributed by atoms with Gasteiger partial charge in [0, 0.05) is 18.8 Å². The van der Waals surface area contributed by atoms with E-state index >= 15 is 0 Å². The maximum atomic E-state index is 4.20. The summed E-state index contributed by atoms with van der Waals surface area (Å²) in [5, 5.41) is 3.48. The maximum absolute atomic E-state index is 4.20. The first-order chi connectivity index (χ1) is 7.93. The van der Waals surface area contributed by atoms with Crippen molar-refractivity contribution in [1.29, 1.82) is 0 Å². The molecule has 3 heteroatoms.